The number of rotatable bonds is 5. The van der Waals surface area contributed by atoms with Gasteiger partial charge in [-0.2, -0.15) is 0 Å². The highest BCUT2D eigenvalue weighted by molar-refractivity contribution is 7.20. The highest BCUT2D eigenvalue weighted by Crippen LogP contribution is 2.27. The largest absolute Gasteiger partial charge is 0.468 e. The fourth-order valence-corrected chi connectivity index (χ4v) is 3.84. The number of aryl methyl sites for hydroxylation is 1. The van der Waals surface area contributed by atoms with Crippen molar-refractivity contribution in [1.82, 2.24) is 19.5 Å². The van der Waals surface area contributed by atoms with Gasteiger partial charge in [-0.3, -0.25) is 4.90 Å². The second kappa shape index (κ2) is 5.73. The first kappa shape index (κ1) is 13.8. The molecule has 0 bridgehead atoms. The van der Waals surface area contributed by atoms with Crippen LogP contribution in [0.1, 0.15) is 30.3 Å². The Morgan fingerprint density at radius 2 is 2.27 bits per heavy atom. The van der Waals surface area contributed by atoms with Crippen LogP contribution >= 0.6 is 11.3 Å². The lowest BCUT2D eigenvalue weighted by Crippen LogP contribution is -2.30. The van der Waals surface area contributed by atoms with Gasteiger partial charge in [0, 0.05) is 6.54 Å². The van der Waals surface area contributed by atoms with Crippen molar-refractivity contribution in [2.75, 3.05) is 25.0 Å². The van der Waals surface area contributed by atoms with Gasteiger partial charge >= 0.3 is 0 Å². The van der Waals surface area contributed by atoms with Crippen LogP contribution in [0.5, 0.6) is 0 Å². The van der Waals surface area contributed by atoms with Crippen LogP contribution in [0, 0.1) is 6.92 Å². The van der Waals surface area contributed by atoms with Gasteiger partial charge in [-0.25, -0.2) is 9.50 Å². The Morgan fingerprint density at radius 3 is 3.00 bits per heavy atom. The lowest BCUT2D eigenvalue weighted by atomic mass is 10.2. The second-order valence-electron chi connectivity index (χ2n) is 5.67. The van der Waals surface area contributed by atoms with E-state index in [4.69, 9.17) is 4.42 Å². The van der Waals surface area contributed by atoms with E-state index in [2.05, 4.69) is 26.4 Å². The Bertz CT molecular complexity index is 710. The van der Waals surface area contributed by atoms with Crippen molar-refractivity contribution in [3.05, 3.63) is 36.0 Å². The van der Waals surface area contributed by atoms with Crippen LogP contribution in [-0.4, -0.2) is 39.1 Å². The fraction of sp³-hybridized carbons (Fsp3) is 0.467. The fourth-order valence-electron chi connectivity index (χ4n) is 3.01. The molecule has 116 valence electrons. The van der Waals surface area contributed by atoms with Gasteiger partial charge in [0.2, 0.25) is 10.1 Å². The summed E-state index contributed by atoms with van der Waals surface area (Å²) in [5, 5.41) is 8.88. The van der Waals surface area contributed by atoms with Crippen LogP contribution in [0.15, 0.2) is 29.0 Å². The van der Waals surface area contributed by atoms with Crippen molar-refractivity contribution >= 4 is 21.4 Å². The minimum Gasteiger partial charge on any atom is -0.468 e. The zero-order valence-electron chi connectivity index (χ0n) is 12.5. The van der Waals surface area contributed by atoms with Crippen LogP contribution in [0.3, 0.4) is 0 Å². The summed E-state index contributed by atoms with van der Waals surface area (Å²) >= 11 is 1.58. The number of fused-ring (bicyclic) bond motifs is 1. The lowest BCUT2D eigenvalue weighted by molar-refractivity contribution is 0.225. The van der Waals surface area contributed by atoms with Crippen LogP contribution in [-0.2, 0) is 0 Å². The Kier molecular flexibility index (Phi) is 3.59. The summed E-state index contributed by atoms with van der Waals surface area (Å²) in [5.41, 5.74) is 0.996. The molecule has 7 heteroatoms. The minimum absolute atomic E-state index is 0.260. The number of nitrogens with zero attached hydrogens (tertiary/aromatic N) is 4. The topological polar surface area (TPSA) is 58.6 Å². The molecule has 0 saturated carbocycles. The van der Waals surface area contributed by atoms with Gasteiger partial charge in [-0.15, -0.1) is 5.10 Å². The average molecular weight is 317 g/mol. The third-order valence-electron chi connectivity index (χ3n) is 4.06. The summed E-state index contributed by atoms with van der Waals surface area (Å²) in [7, 11) is 0. The molecule has 6 nitrogen and oxygen atoms in total. The Balaban J connectivity index is 1.49. The quantitative estimate of drug-likeness (QED) is 0.784. The van der Waals surface area contributed by atoms with Gasteiger partial charge in [-0.05, 0) is 45.0 Å². The number of anilines is 1. The average Bonchev–Trinajstić information content (AvgIpc) is 3.21. The third-order valence-corrected chi connectivity index (χ3v) is 4.94. The SMILES string of the molecule is Cc1cn2nc(NC[C@@H](c3ccco3)N3CCCC3)sc2n1. The van der Waals surface area contributed by atoms with Gasteiger partial charge in [0.15, 0.2) is 0 Å². The van der Waals surface area contributed by atoms with E-state index in [0.29, 0.717) is 0 Å². The molecular weight excluding hydrogens is 298 g/mol. The Morgan fingerprint density at radius 1 is 1.41 bits per heavy atom. The molecule has 1 aliphatic heterocycles. The van der Waals surface area contributed by atoms with E-state index >= 15 is 0 Å². The summed E-state index contributed by atoms with van der Waals surface area (Å²) < 4.78 is 7.47. The highest BCUT2D eigenvalue weighted by Gasteiger charge is 2.25. The van der Waals surface area contributed by atoms with E-state index in [1.807, 2.05) is 23.7 Å². The number of nitrogens with one attached hydrogen (secondary N) is 1. The number of hydrogen-bond acceptors (Lipinski definition) is 6. The van der Waals surface area contributed by atoms with E-state index in [0.717, 1.165) is 41.2 Å². The van der Waals surface area contributed by atoms with Gasteiger partial charge < -0.3 is 9.73 Å². The molecule has 3 aromatic heterocycles. The van der Waals surface area contributed by atoms with E-state index in [-0.39, 0.29) is 6.04 Å². The molecule has 1 aliphatic rings. The molecule has 0 radical (unpaired) electrons. The van der Waals surface area contributed by atoms with Crippen molar-refractivity contribution in [3.8, 4) is 0 Å². The zero-order chi connectivity index (χ0) is 14.9. The normalized spacial score (nSPS) is 17.3. The smallest absolute Gasteiger partial charge is 0.214 e. The molecule has 1 N–H and O–H groups in total. The zero-order valence-corrected chi connectivity index (χ0v) is 13.3. The van der Waals surface area contributed by atoms with Crippen LogP contribution in [0.2, 0.25) is 0 Å². The number of hydrogen-bond donors (Lipinski definition) is 1. The summed E-state index contributed by atoms with van der Waals surface area (Å²) in [4.78, 5) is 7.85. The predicted octanol–water partition coefficient (Wildman–Crippen LogP) is 2.94. The summed E-state index contributed by atoms with van der Waals surface area (Å²) in [6.07, 6.45) is 6.23. The van der Waals surface area contributed by atoms with E-state index < -0.39 is 0 Å². The van der Waals surface area contributed by atoms with E-state index in [1.54, 1.807) is 17.6 Å². The molecular formula is C15H19N5OS. The molecule has 4 heterocycles. The summed E-state index contributed by atoms with van der Waals surface area (Å²) in [6, 6.07) is 4.27. The van der Waals surface area contributed by atoms with Crippen LogP contribution in [0.25, 0.3) is 4.96 Å². The molecule has 0 unspecified atom stereocenters. The number of aromatic nitrogens is 3. The minimum atomic E-state index is 0.260. The van der Waals surface area contributed by atoms with Gasteiger partial charge in [0.25, 0.3) is 0 Å². The number of furan rings is 1. The van der Waals surface area contributed by atoms with Gasteiger partial charge in [0.05, 0.1) is 24.2 Å². The third kappa shape index (κ3) is 2.62. The number of imidazole rings is 1. The predicted molar refractivity (Wildman–Crippen MR) is 86.3 cm³/mol. The van der Waals surface area contributed by atoms with Gasteiger partial charge in [-0.1, -0.05) is 11.3 Å². The maximum atomic E-state index is 5.64. The molecule has 4 rings (SSSR count). The van der Waals surface area contributed by atoms with Crippen molar-refractivity contribution in [3.63, 3.8) is 0 Å². The standard InChI is InChI=1S/C15H19N5OS/c1-11-10-20-15(17-11)22-14(18-20)16-9-12(13-5-4-8-21-13)19-6-2-3-7-19/h4-5,8,10,12H,2-3,6-7,9H2,1H3,(H,16,18)/t12-/m0/s1. The molecule has 1 atom stereocenters. The lowest BCUT2D eigenvalue weighted by Gasteiger charge is -2.25. The molecule has 0 aromatic carbocycles. The molecule has 1 saturated heterocycles. The van der Waals surface area contributed by atoms with Crippen molar-refractivity contribution in [2.24, 2.45) is 0 Å². The Hall–Kier alpha value is -1.86. The maximum Gasteiger partial charge on any atom is 0.214 e. The molecule has 0 aliphatic carbocycles. The number of likely N-dealkylation sites (tertiary alicyclic amines) is 1. The van der Waals surface area contributed by atoms with Crippen molar-refractivity contribution < 1.29 is 4.42 Å². The molecule has 1 fully saturated rings. The second-order valence-corrected chi connectivity index (χ2v) is 6.63. The first-order valence-corrected chi connectivity index (χ1v) is 8.45. The first-order valence-electron chi connectivity index (χ1n) is 7.64. The van der Waals surface area contributed by atoms with Crippen molar-refractivity contribution in [2.45, 2.75) is 25.8 Å². The Labute approximate surface area is 132 Å². The van der Waals surface area contributed by atoms with Crippen LogP contribution in [0.4, 0.5) is 5.13 Å². The molecule has 0 amide bonds. The monoisotopic (exact) mass is 317 g/mol. The van der Waals surface area contributed by atoms with E-state index in [1.165, 1.54) is 12.8 Å². The van der Waals surface area contributed by atoms with Crippen molar-refractivity contribution in [1.29, 1.82) is 0 Å². The molecule has 22 heavy (non-hydrogen) atoms. The van der Waals surface area contributed by atoms with Gasteiger partial charge in [0.1, 0.15) is 5.76 Å². The van der Waals surface area contributed by atoms with E-state index in [9.17, 15) is 0 Å². The molecule has 0 spiro atoms. The highest BCUT2D eigenvalue weighted by atomic mass is 32.1. The van der Waals surface area contributed by atoms with Crippen LogP contribution < -0.4 is 5.32 Å². The summed E-state index contributed by atoms with van der Waals surface area (Å²) in [6.45, 7) is 5.04. The molecule has 3 aromatic rings. The summed E-state index contributed by atoms with van der Waals surface area (Å²) in [5.74, 6) is 1.02. The first-order chi connectivity index (χ1) is 10.8. The maximum absolute atomic E-state index is 5.64.